The third-order valence-electron chi connectivity index (χ3n) is 6.44. The van der Waals surface area contributed by atoms with E-state index < -0.39 is 0 Å². The lowest BCUT2D eigenvalue weighted by Gasteiger charge is -2.16. The number of aromatic nitrogens is 1. The van der Waals surface area contributed by atoms with Crippen molar-refractivity contribution in [2.24, 2.45) is 10.7 Å². The number of likely N-dealkylation sites (tertiary alicyclic amines) is 1. The number of fused-ring (bicyclic) bond motifs is 1. The first kappa shape index (κ1) is 19.7. The maximum Gasteiger partial charge on any atom is 0.114 e. The van der Waals surface area contributed by atoms with Gasteiger partial charge in [0, 0.05) is 41.3 Å². The van der Waals surface area contributed by atoms with Crippen LogP contribution in [0.3, 0.4) is 0 Å². The first-order valence-electron chi connectivity index (χ1n) is 10.9. The van der Waals surface area contributed by atoms with Crippen LogP contribution in [0.15, 0.2) is 23.2 Å². The van der Waals surface area contributed by atoms with Crippen molar-refractivity contribution in [1.29, 1.82) is 0 Å². The summed E-state index contributed by atoms with van der Waals surface area (Å²) in [6, 6.07) is 7.62. The minimum absolute atomic E-state index is 0.359. The number of halogens is 1. The van der Waals surface area contributed by atoms with Crippen LogP contribution < -0.4 is 11.1 Å². The zero-order valence-corrected chi connectivity index (χ0v) is 18.4. The number of rotatable bonds is 6. The number of anilines is 1. The molecule has 2 atom stereocenters. The highest BCUT2D eigenvalue weighted by Crippen LogP contribution is 2.33. The molecule has 1 aliphatic carbocycles. The maximum absolute atomic E-state index is 6.41. The second-order valence-corrected chi connectivity index (χ2v) is 10.2. The van der Waals surface area contributed by atoms with Crippen molar-refractivity contribution >= 4 is 45.0 Å². The summed E-state index contributed by atoms with van der Waals surface area (Å²) in [6.45, 7) is 3.28. The molecule has 1 saturated carbocycles. The monoisotopic (exact) mass is 431 g/mol. The molecular formula is C22H30ClN5S. The summed E-state index contributed by atoms with van der Waals surface area (Å²) in [4.78, 5) is 11.1. The Hall–Kier alpha value is -1.21. The van der Waals surface area contributed by atoms with Gasteiger partial charge >= 0.3 is 0 Å². The molecule has 1 aromatic heterocycles. The average molecular weight is 432 g/mol. The second kappa shape index (κ2) is 8.50. The molecule has 3 aliphatic rings. The molecule has 1 saturated heterocycles. The van der Waals surface area contributed by atoms with Gasteiger partial charge in [0.1, 0.15) is 5.04 Å². The number of hydrogen-bond acceptors (Lipinski definition) is 5. The molecule has 4 N–H and O–H groups in total. The predicted octanol–water partition coefficient (Wildman–Crippen LogP) is 4.46. The largest absolute Gasteiger partial charge is 0.381 e. The van der Waals surface area contributed by atoms with Crippen LogP contribution in [0.25, 0.3) is 10.9 Å². The van der Waals surface area contributed by atoms with Gasteiger partial charge in [0.25, 0.3) is 0 Å². The number of aromatic amines is 1. The highest BCUT2D eigenvalue weighted by atomic mass is 35.5. The summed E-state index contributed by atoms with van der Waals surface area (Å²) in [5.41, 5.74) is 9.41. The van der Waals surface area contributed by atoms with Gasteiger partial charge in [-0.25, -0.2) is 0 Å². The lowest BCUT2D eigenvalue weighted by Crippen LogP contribution is -2.28. The molecule has 5 nitrogen and oxygen atoms in total. The molecular weight excluding hydrogens is 402 g/mol. The van der Waals surface area contributed by atoms with E-state index >= 15 is 0 Å². The number of H-pyrrole nitrogens is 1. The SMILES string of the molecule is N[C@H]1CCN(CC[C@@H]2CSC(c3cc4cc(Cl)cc(NC5CCCC5)c4[nH]3)=N2)C1. The normalized spacial score (nSPS) is 25.9. The summed E-state index contributed by atoms with van der Waals surface area (Å²) in [5.74, 6) is 1.07. The number of nitrogens with one attached hydrogen (secondary N) is 2. The maximum atomic E-state index is 6.41. The van der Waals surface area contributed by atoms with Crippen LogP contribution in [0.1, 0.15) is 44.2 Å². The highest BCUT2D eigenvalue weighted by molar-refractivity contribution is 8.14. The van der Waals surface area contributed by atoms with Gasteiger partial charge in [0.2, 0.25) is 0 Å². The average Bonchev–Trinajstić information content (AvgIpc) is 3.47. The minimum atomic E-state index is 0.359. The molecule has 7 heteroatoms. The quantitative estimate of drug-likeness (QED) is 0.631. The van der Waals surface area contributed by atoms with E-state index in [4.69, 9.17) is 22.3 Å². The Bertz CT molecular complexity index is 904. The van der Waals surface area contributed by atoms with Crippen molar-refractivity contribution in [3.63, 3.8) is 0 Å². The third-order valence-corrected chi connectivity index (χ3v) is 7.81. The van der Waals surface area contributed by atoms with E-state index in [-0.39, 0.29) is 0 Å². The minimum Gasteiger partial charge on any atom is -0.381 e. The Kier molecular flexibility index (Phi) is 5.78. The van der Waals surface area contributed by atoms with Crippen molar-refractivity contribution in [1.82, 2.24) is 9.88 Å². The standard InChI is InChI=1S/C22H30ClN5S/c23-15-9-14-10-20(27-21(14)19(11-15)25-17-3-1-2-4-17)22-26-18(13-29-22)6-8-28-7-5-16(24)12-28/h9-11,16-18,25,27H,1-8,12-13,24H2/t16-,18+/m0/s1. The van der Waals surface area contributed by atoms with E-state index in [0.29, 0.717) is 18.1 Å². The molecule has 2 fully saturated rings. The van der Waals surface area contributed by atoms with E-state index in [2.05, 4.69) is 27.3 Å². The fraction of sp³-hybridized carbons (Fsp3) is 0.591. The van der Waals surface area contributed by atoms with Crippen LogP contribution in [0, 0.1) is 0 Å². The van der Waals surface area contributed by atoms with Gasteiger partial charge in [-0.15, -0.1) is 11.8 Å². The van der Waals surface area contributed by atoms with Crippen LogP contribution in [-0.4, -0.2) is 58.4 Å². The summed E-state index contributed by atoms with van der Waals surface area (Å²) in [7, 11) is 0. The smallest absolute Gasteiger partial charge is 0.114 e. The molecule has 156 valence electrons. The molecule has 2 aliphatic heterocycles. The first-order valence-corrected chi connectivity index (χ1v) is 12.3. The first-order chi connectivity index (χ1) is 14.1. The Labute approximate surface area is 181 Å². The highest BCUT2D eigenvalue weighted by Gasteiger charge is 2.24. The lowest BCUT2D eigenvalue weighted by molar-refractivity contribution is 0.322. The van der Waals surface area contributed by atoms with Crippen LogP contribution in [0.4, 0.5) is 5.69 Å². The number of nitrogens with two attached hydrogens (primary N) is 1. The van der Waals surface area contributed by atoms with Crippen LogP contribution >= 0.6 is 23.4 Å². The molecule has 0 unspecified atom stereocenters. The van der Waals surface area contributed by atoms with Crippen molar-refractivity contribution in [2.45, 2.75) is 56.7 Å². The van der Waals surface area contributed by atoms with Crippen LogP contribution in [-0.2, 0) is 0 Å². The van der Waals surface area contributed by atoms with E-state index in [9.17, 15) is 0 Å². The van der Waals surface area contributed by atoms with E-state index in [1.807, 2.05) is 17.8 Å². The molecule has 0 spiro atoms. The molecule has 0 bridgehead atoms. The number of nitrogens with zero attached hydrogens (tertiary/aromatic N) is 2. The van der Waals surface area contributed by atoms with Gasteiger partial charge in [-0.05, 0) is 50.4 Å². The Morgan fingerprint density at radius 3 is 2.90 bits per heavy atom. The summed E-state index contributed by atoms with van der Waals surface area (Å²) in [6.07, 6.45) is 7.36. The number of hydrogen-bond donors (Lipinski definition) is 3. The Balaban J connectivity index is 1.31. The fourth-order valence-electron chi connectivity index (χ4n) is 4.83. The second-order valence-electron chi connectivity index (χ2n) is 8.76. The van der Waals surface area contributed by atoms with E-state index in [1.54, 1.807) is 0 Å². The Morgan fingerprint density at radius 2 is 2.10 bits per heavy atom. The van der Waals surface area contributed by atoms with E-state index in [0.717, 1.165) is 70.6 Å². The molecule has 29 heavy (non-hydrogen) atoms. The van der Waals surface area contributed by atoms with Crippen molar-refractivity contribution in [3.8, 4) is 0 Å². The molecule has 2 aromatic rings. The topological polar surface area (TPSA) is 69.4 Å². The van der Waals surface area contributed by atoms with Gasteiger partial charge < -0.3 is 20.9 Å². The van der Waals surface area contributed by atoms with Crippen molar-refractivity contribution in [2.75, 3.05) is 30.7 Å². The molecule has 5 rings (SSSR count). The van der Waals surface area contributed by atoms with Gasteiger partial charge in [0.05, 0.1) is 22.9 Å². The van der Waals surface area contributed by atoms with Gasteiger partial charge in [0.15, 0.2) is 0 Å². The number of aliphatic imine (C=N–C) groups is 1. The number of benzene rings is 1. The van der Waals surface area contributed by atoms with Gasteiger partial charge in [-0.2, -0.15) is 0 Å². The van der Waals surface area contributed by atoms with E-state index in [1.165, 1.54) is 25.7 Å². The molecule has 3 heterocycles. The predicted molar refractivity (Wildman–Crippen MR) is 126 cm³/mol. The van der Waals surface area contributed by atoms with Crippen molar-refractivity contribution in [3.05, 3.63) is 28.9 Å². The summed E-state index contributed by atoms with van der Waals surface area (Å²) < 4.78 is 0. The zero-order valence-electron chi connectivity index (χ0n) is 16.8. The van der Waals surface area contributed by atoms with Gasteiger partial charge in [-0.3, -0.25) is 4.99 Å². The van der Waals surface area contributed by atoms with Gasteiger partial charge in [-0.1, -0.05) is 24.4 Å². The third kappa shape index (κ3) is 4.46. The van der Waals surface area contributed by atoms with Crippen LogP contribution in [0.5, 0.6) is 0 Å². The fourth-order valence-corrected chi connectivity index (χ4v) is 6.14. The molecule has 0 radical (unpaired) electrons. The number of thioether (sulfide) groups is 1. The summed E-state index contributed by atoms with van der Waals surface area (Å²) >= 11 is 8.28. The lowest BCUT2D eigenvalue weighted by atomic mass is 10.2. The summed E-state index contributed by atoms with van der Waals surface area (Å²) in [5, 5.41) is 6.79. The van der Waals surface area contributed by atoms with Crippen molar-refractivity contribution < 1.29 is 0 Å². The Morgan fingerprint density at radius 1 is 1.24 bits per heavy atom. The van der Waals surface area contributed by atoms with Crippen LogP contribution in [0.2, 0.25) is 5.02 Å². The zero-order chi connectivity index (χ0) is 19.8. The molecule has 0 amide bonds. The molecule has 1 aromatic carbocycles.